The molecule has 1 amide bonds. The van der Waals surface area contributed by atoms with Crippen molar-refractivity contribution < 1.29 is 4.79 Å². The van der Waals surface area contributed by atoms with Gasteiger partial charge in [0.1, 0.15) is 0 Å². The van der Waals surface area contributed by atoms with Crippen LogP contribution in [0.15, 0.2) is 41.4 Å². The maximum Gasteiger partial charge on any atom is 0.234 e. The maximum atomic E-state index is 12.4. The Hall–Kier alpha value is -2.38. The molecule has 0 unspecified atom stereocenters. The van der Waals surface area contributed by atoms with E-state index in [1.165, 1.54) is 27.8 Å². The minimum absolute atomic E-state index is 0.0643. The van der Waals surface area contributed by atoms with E-state index in [1.54, 1.807) is 11.3 Å². The SMILES string of the molecule is C=CCn1c(SCC(=O)Nc2ccc(C)c(C)c2)nnc1-c1csc(C)c1C. The highest BCUT2D eigenvalue weighted by molar-refractivity contribution is 7.99. The van der Waals surface area contributed by atoms with Crippen LogP contribution in [0.5, 0.6) is 0 Å². The molecule has 0 spiro atoms. The minimum atomic E-state index is -0.0643. The number of hydrogen-bond acceptors (Lipinski definition) is 5. The first kappa shape index (κ1) is 20.4. The third-order valence-electron chi connectivity index (χ3n) is 4.68. The number of thioether (sulfide) groups is 1. The molecule has 1 N–H and O–H groups in total. The molecule has 0 saturated carbocycles. The Morgan fingerprint density at radius 2 is 2.04 bits per heavy atom. The number of aryl methyl sites for hydroxylation is 3. The summed E-state index contributed by atoms with van der Waals surface area (Å²) in [5, 5.41) is 14.5. The minimum Gasteiger partial charge on any atom is -0.325 e. The first-order valence-electron chi connectivity index (χ1n) is 8.99. The molecule has 0 radical (unpaired) electrons. The van der Waals surface area contributed by atoms with E-state index in [0.29, 0.717) is 11.7 Å². The normalized spacial score (nSPS) is 10.9. The molecule has 28 heavy (non-hydrogen) atoms. The van der Waals surface area contributed by atoms with Crippen LogP contribution < -0.4 is 5.32 Å². The largest absolute Gasteiger partial charge is 0.325 e. The van der Waals surface area contributed by atoms with Crippen molar-refractivity contribution in [1.82, 2.24) is 14.8 Å². The number of aromatic nitrogens is 3. The monoisotopic (exact) mass is 412 g/mol. The van der Waals surface area contributed by atoms with Crippen molar-refractivity contribution in [3.05, 3.63) is 57.8 Å². The molecule has 1 aromatic carbocycles. The summed E-state index contributed by atoms with van der Waals surface area (Å²) in [7, 11) is 0. The number of anilines is 1. The fourth-order valence-corrected chi connectivity index (χ4v) is 4.38. The molecular weight excluding hydrogens is 388 g/mol. The lowest BCUT2D eigenvalue weighted by Gasteiger charge is -2.09. The highest BCUT2D eigenvalue weighted by atomic mass is 32.2. The summed E-state index contributed by atoms with van der Waals surface area (Å²) < 4.78 is 2.01. The van der Waals surface area contributed by atoms with Gasteiger partial charge in [-0.25, -0.2) is 0 Å². The van der Waals surface area contributed by atoms with Gasteiger partial charge in [0.15, 0.2) is 11.0 Å². The lowest BCUT2D eigenvalue weighted by Crippen LogP contribution is -2.14. The average molecular weight is 413 g/mol. The van der Waals surface area contributed by atoms with E-state index in [-0.39, 0.29) is 11.7 Å². The Bertz CT molecular complexity index is 1020. The third kappa shape index (κ3) is 4.36. The van der Waals surface area contributed by atoms with Crippen molar-refractivity contribution in [2.24, 2.45) is 0 Å². The quantitative estimate of drug-likeness (QED) is 0.430. The number of carbonyl (C=O) groups excluding carboxylic acids is 1. The van der Waals surface area contributed by atoms with Crippen LogP contribution in [0.4, 0.5) is 5.69 Å². The Morgan fingerprint density at radius 1 is 1.25 bits per heavy atom. The number of carbonyl (C=O) groups is 1. The number of benzene rings is 1. The highest BCUT2D eigenvalue weighted by Gasteiger charge is 2.18. The molecule has 0 bridgehead atoms. The van der Waals surface area contributed by atoms with Crippen LogP contribution in [0.3, 0.4) is 0 Å². The molecule has 0 atom stereocenters. The molecule has 2 aromatic heterocycles. The number of nitrogens with zero attached hydrogens (tertiary/aromatic N) is 3. The summed E-state index contributed by atoms with van der Waals surface area (Å²) in [6.07, 6.45) is 1.82. The van der Waals surface area contributed by atoms with Gasteiger partial charge in [-0.3, -0.25) is 9.36 Å². The molecule has 3 rings (SSSR count). The van der Waals surface area contributed by atoms with Crippen molar-refractivity contribution in [1.29, 1.82) is 0 Å². The Labute approximate surface area is 173 Å². The fourth-order valence-electron chi connectivity index (χ4n) is 2.77. The van der Waals surface area contributed by atoms with Crippen molar-refractivity contribution in [3.8, 4) is 11.4 Å². The lowest BCUT2D eigenvalue weighted by molar-refractivity contribution is -0.113. The van der Waals surface area contributed by atoms with Crippen LogP contribution in [0.25, 0.3) is 11.4 Å². The van der Waals surface area contributed by atoms with Crippen molar-refractivity contribution in [3.63, 3.8) is 0 Å². The van der Waals surface area contributed by atoms with Crippen LogP contribution in [0.1, 0.15) is 21.6 Å². The van der Waals surface area contributed by atoms with E-state index in [1.807, 2.05) is 35.8 Å². The number of amides is 1. The third-order valence-corrected chi connectivity index (χ3v) is 6.66. The van der Waals surface area contributed by atoms with Gasteiger partial charge < -0.3 is 5.32 Å². The zero-order chi connectivity index (χ0) is 20.3. The second-order valence-corrected chi connectivity index (χ2v) is 8.70. The number of rotatable bonds is 7. The van der Waals surface area contributed by atoms with E-state index in [0.717, 1.165) is 22.6 Å². The van der Waals surface area contributed by atoms with E-state index in [9.17, 15) is 4.79 Å². The number of thiophene rings is 1. The average Bonchev–Trinajstić information content (AvgIpc) is 3.20. The molecule has 146 valence electrons. The summed E-state index contributed by atoms with van der Waals surface area (Å²) in [6.45, 7) is 12.7. The number of nitrogens with one attached hydrogen (secondary N) is 1. The van der Waals surface area contributed by atoms with Crippen LogP contribution in [0, 0.1) is 27.7 Å². The van der Waals surface area contributed by atoms with Crippen LogP contribution in [-0.4, -0.2) is 26.4 Å². The summed E-state index contributed by atoms with van der Waals surface area (Å²) >= 11 is 3.09. The smallest absolute Gasteiger partial charge is 0.234 e. The standard InChI is InChI=1S/C21H24N4OS2/c1-6-9-25-20(18-11-27-16(5)15(18)4)23-24-21(25)28-12-19(26)22-17-8-7-13(2)14(3)10-17/h6-8,10-11H,1,9,12H2,2-5H3,(H,22,26). The summed E-state index contributed by atoms with van der Waals surface area (Å²) in [4.78, 5) is 13.6. The van der Waals surface area contributed by atoms with Gasteiger partial charge in [-0.15, -0.1) is 28.1 Å². The molecule has 0 aliphatic heterocycles. The first-order chi connectivity index (χ1) is 13.4. The molecule has 7 heteroatoms. The van der Waals surface area contributed by atoms with Crippen LogP contribution in [-0.2, 0) is 11.3 Å². The maximum absolute atomic E-state index is 12.4. The van der Waals surface area contributed by atoms with Gasteiger partial charge in [-0.05, 0) is 56.5 Å². The first-order valence-corrected chi connectivity index (χ1v) is 10.9. The van der Waals surface area contributed by atoms with Crippen molar-refractivity contribution >= 4 is 34.7 Å². The van der Waals surface area contributed by atoms with Gasteiger partial charge in [0.25, 0.3) is 0 Å². The van der Waals surface area contributed by atoms with E-state index >= 15 is 0 Å². The molecule has 0 aliphatic rings. The molecule has 5 nitrogen and oxygen atoms in total. The van der Waals surface area contributed by atoms with Crippen molar-refractivity contribution in [2.75, 3.05) is 11.1 Å². The van der Waals surface area contributed by atoms with Gasteiger partial charge in [-0.2, -0.15) is 0 Å². The van der Waals surface area contributed by atoms with Crippen LogP contribution in [0.2, 0.25) is 0 Å². The topological polar surface area (TPSA) is 59.8 Å². The van der Waals surface area contributed by atoms with Gasteiger partial charge in [0.05, 0.1) is 5.75 Å². The Balaban J connectivity index is 1.73. The predicted octanol–water partition coefficient (Wildman–Crippen LogP) is 5.16. The van der Waals surface area contributed by atoms with Crippen molar-refractivity contribution in [2.45, 2.75) is 39.4 Å². The van der Waals surface area contributed by atoms with Crippen LogP contribution >= 0.6 is 23.1 Å². The Kier molecular flexibility index (Phi) is 6.36. The predicted molar refractivity (Wildman–Crippen MR) is 118 cm³/mol. The van der Waals surface area contributed by atoms with E-state index < -0.39 is 0 Å². The van der Waals surface area contributed by atoms with Gasteiger partial charge in [0.2, 0.25) is 5.91 Å². The molecule has 0 aliphatic carbocycles. The Morgan fingerprint density at radius 3 is 2.68 bits per heavy atom. The summed E-state index contributed by atoms with van der Waals surface area (Å²) in [6, 6.07) is 5.92. The van der Waals surface area contributed by atoms with Gasteiger partial charge >= 0.3 is 0 Å². The summed E-state index contributed by atoms with van der Waals surface area (Å²) in [5.74, 6) is 1.02. The highest BCUT2D eigenvalue weighted by Crippen LogP contribution is 2.31. The molecule has 0 saturated heterocycles. The second kappa shape index (κ2) is 8.75. The van der Waals surface area contributed by atoms with Gasteiger partial charge in [0, 0.05) is 28.1 Å². The van der Waals surface area contributed by atoms with E-state index in [2.05, 4.69) is 48.2 Å². The molecular formula is C21H24N4OS2. The zero-order valence-corrected chi connectivity index (χ0v) is 18.2. The van der Waals surface area contributed by atoms with E-state index in [4.69, 9.17) is 0 Å². The fraction of sp³-hybridized carbons (Fsp3) is 0.286. The molecule has 2 heterocycles. The number of allylic oxidation sites excluding steroid dienone is 1. The lowest BCUT2D eigenvalue weighted by atomic mass is 10.1. The second-order valence-electron chi connectivity index (χ2n) is 6.67. The molecule has 0 fully saturated rings. The number of hydrogen-bond donors (Lipinski definition) is 1. The molecule has 3 aromatic rings. The zero-order valence-electron chi connectivity index (χ0n) is 16.6. The van der Waals surface area contributed by atoms with Gasteiger partial charge in [-0.1, -0.05) is 23.9 Å². The summed E-state index contributed by atoms with van der Waals surface area (Å²) in [5.41, 5.74) is 5.47.